The summed E-state index contributed by atoms with van der Waals surface area (Å²) in [5, 5.41) is 3.50. The van der Waals surface area contributed by atoms with Gasteiger partial charge in [0.15, 0.2) is 11.5 Å². The number of para-hydroxylation sites is 1. The first-order chi connectivity index (χ1) is 13.5. The van der Waals surface area contributed by atoms with Crippen LogP contribution in [0.25, 0.3) is 0 Å². The first-order valence-corrected chi connectivity index (χ1v) is 10.2. The molecule has 5 nitrogen and oxygen atoms in total. The number of hydrogen-bond donors (Lipinski definition) is 1. The van der Waals surface area contributed by atoms with Crippen molar-refractivity contribution >= 4 is 6.21 Å². The Bertz CT molecular complexity index is 752. The molecule has 1 N–H and O–H groups in total. The lowest BCUT2D eigenvalue weighted by atomic mass is 9.84. The molecular formula is C23H33N3O2. The molecule has 0 bridgehead atoms. The third kappa shape index (κ3) is 5.38. The lowest BCUT2D eigenvalue weighted by molar-refractivity contribution is 0.148. The summed E-state index contributed by atoms with van der Waals surface area (Å²) in [5.74, 6) is 2.56. The fourth-order valence-electron chi connectivity index (χ4n) is 3.74. The molecule has 1 fully saturated rings. The Morgan fingerprint density at radius 1 is 1.36 bits per heavy atom. The monoisotopic (exact) mass is 383 g/mol. The number of fused-ring (bicyclic) bond motifs is 1. The summed E-state index contributed by atoms with van der Waals surface area (Å²) in [6.07, 6.45) is 7.45. The Balaban J connectivity index is 1.49. The zero-order valence-electron chi connectivity index (χ0n) is 17.5. The van der Waals surface area contributed by atoms with Crippen LogP contribution in [0.4, 0.5) is 0 Å². The molecule has 1 saturated heterocycles. The number of piperidine rings is 1. The molecular weight excluding hydrogens is 350 g/mol. The van der Waals surface area contributed by atoms with Gasteiger partial charge in [-0.2, -0.15) is 0 Å². The lowest BCUT2D eigenvalue weighted by Crippen LogP contribution is -2.38. The van der Waals surface area contributed by atoms with Gasteiger partial charge in [-0.25, -0.2) is 4.99 Å². The topological polar surface area (TPSA) is 46.1 Å². The summed E-state index contributed by atoms with van der Waals surface area (Å²) in [6.45, 7) is 14.9. The van der Waals surface area contributed by atoms with Crippen LogP contribution in [-0.4, -0.2) is 37.5 Å². The molecule has 0 radical (unpaired) electrons. The summed E-state index contributed by atoms with van der Waals surface area (Å²) >= 11 is 0. The lowest BCUT2D eigenvalue weighted by Gasteiger charge is -2.39. The largest absolute Gasteiger partial charge is 0.454 e. The third-order valence-electron chi connectivity index (χ3n) is 5.40. The van der Waals surface area contributed by atoms with E-state index in [0.717, 1.165) is 55.5 Å². The molecule has 2 heterocycles. The van der Waals surface area contributed by atoms with Gasteiger partial charge in [-0.15, -0.1) is 0 Å². The van der Waals surface area contributed by atoms with E-state index in [2.05, 4.69) is 54.7 Å². The molecule has 0 spiro atoms. The zero-order valence-corrected chi connectivity index (χ0v) is 17.5. The van der Waals surface area contributed by atoms with Gasteiger partial charge >= 0.3 is 0 Å². The van der Waals surface area contributed by atoms with Crippen LogP contribution < -0.4 is 14.8 Å². The molecule has 0 saturated carbocycles. The van der Waals surface area contributed by atoms with E-state index in [1.165, 1.54) is 18.4 Å². The highest BCUT2D eigenvalue weighted by Crippen LogP contribution is 2.35. The summed E-state index contributed by atoms with van der Waals surface area (Å²) in [7, 11) is 0. The second-order valence-corrected chi connectivity index (χ2v) is 8.32. The van der Waals surface area contributed by atoms with E-state index in [4.69, 9.17) is 9.47 Å². The van der Waals surface area contributed by atoms with Crippen LogP contribution in [0.5, 0.6) is 11.5 Å². The van der Waals surface area contributed by atoms with Gasteiger partial charge in [-0.05, 0) is 36.8 Å². The van der Waals surface area contributed by atoms with Crippen LogP contribution in [0, 0.1) is 5.41 Å². The number of nitrogens with one attached hydrogen (secondary N) is 1. The van der Waals surface area contributed by atoms with E-state index in [9.17, 15) is 0 Å². The molecule has 28 heavy (non-hydrogen) atoms. The number of allylic oxidation sites excluding steroid dienone is 1. The normalized spacial score (nSPS) is 18.7. The van der Waals surface area contributed by atoms with E-state index in [0.29, 0.717) is 12.2 Å². The Morgan fingerprint density at radius 3 is 3.00 bits per heavy atom. The minimum atomic E-state index is 0.307. The van der Waals surface area contributed by atoms with Gasteiger partial charge in [0.05, 0.1) is 0 Å². The first kappa shape index (κ1) is 20.5. The van der Waals surface area contributed by atoms with Crippen LogP contribution in [0.3, 0.4) is 0 Å². The van der Waals surface area contributed by atoms with E-state index >= 15 is 0 Å². The molecule has 1 aromatic rings. The van der Waals surface area contributed by atoms with Gasteiger partial charge in [0.2, 0.25) is 6.79 Å². The van der Waals surface area contributed by atoms with Crippen LogP contribution >= 0.6 is 0 Å². The minimum Gasteiger partial charge on any atom is -0.454 e. The number of benzene rings is 1. The highest BCUT2D eigenvalue weighted by Gasteiger charge is 2.26. The molecule has 0 unspecified atom stereocenters. The number of nitrogens with zero attached hydrogens (tertiary/aromatic N) is 2. The van der Waals surface area contributed by atoms with E-state index in [1.54, 1.807) is 0 Å². The smallest absolute Gasteiger partial charge is 0.231 e. The molecule has 2 aliphatic heterocycles. The van der Waals surface area contributed by atoms with E-state index < -0.39 is 0 Å². The van der Waals surface area contributed by atoms with Crippen molar-refractivity contribution in [1.82, 2.24) is 10.2 Å². The van der Waals surface area contributed by atoms with Gasteiger partial charge in [-0.3, -0.25) is 0 Å². The van der Waals surface area contributed by atoms with Crippen LogP contribution in [-0.2, 0) is 6.54 Å². The molecule has 0 aromatic heterocycles. The van der Waals surface area contributed by atoms with Gasteiger partial charge in [-0.1, -0.05) is 45.1 Å². The average Bonchev–Trinajstić information content (AvgIpc) is 3.15. The number of hydrogen-bond acceptors (Lipinski definition) is 5. The van der Waals surface area contributed by atoms with Gasteiger partial charge in [0.1, 0.15) is 5.82 Å². The van der Waals surface area contributed by atoms with Crippen LogP contribution in [0.1, 0.15) is 45.6 Å². The standard InChI is InChI=1S/C23H33N3O2/c1-5-19(10-12-25-18(2)26-13-7-11-23(3,4)16-26)14-24-15-20-8-6-9-21-22(20)28-17-27-21/h6,8-10,12,24H,2,5,7,11,13-17H2,1,3-4H3/b19-10+,25-12-. The van der Waals surface area contributed by atoms with Crippen molar-refractivity contribution in [1.29, 1.82) is 0 Å². The average molecular weight is 384 g/mol. The van der Waals surface area contributed by atoms with Crippen LogP contribution in [0.2, 0.25) is 0 Å². The highest BCUT2D eigenvalue weighted by molar-refractivity contribution is 5.73. The summed E-state index contributed by atoms with van der Waals surface area (Å²) < 4.78 is 11.0. The molecule has 0 aliphatic carbocycles. The molecule has 0 amide bonds. The Labute approximate surface area is 169 Å². The first-order valence-electron chi connectivity index (χ1n) is 10.2. The van der Waals surface area contributed by atoms with Crippen molar-refractivity contribution in [2.45, 2.75) is 46.6 Å². The summed E-state index contributed by atoms with van der Waals surface area (Å²) in [6, 6.07) is 6.01. The van der Waals surface area contributed by atoms with Crippen molar-refractivity contribution < 1.29 is 9.47 Å². The Hall–Kier alpha value is -2.27. The molecule has 2 aliphatic rings. The third-order valence-corrected chi connectivity index (χ3v) is 5.40. The Morgan fingerprint density at radius 2 is 2.21 bits per heavy atom. The predicted molar refractivity (Wildman–Crippen MR) is 115 cm³/mol. The maximum atomic E-state index is 5.56. The number of ether oxygens (including phenoxy) is 2. The maximum Gasteiger partial charge on any atom is 0.231 e. The SMILES string of the molecule is C=C(/N=C\C=C(/CC)CNCc1cccc2c1OCO2)N1CCCC(C)(C)C1. The molecule has 152 valence electrons. The second kappa shape index (κ2) is 9.28. The molecule has 3 rings (SSSR count). The molecule has 1 aromatic carbocycles. The minimum absolute atomic E-state index is 0.307. The van der Waals surface area contributed by atoms with E-state index in [1.807, 2.05) is 18.3 Å². The van der Waals surface area contributed by atoms with Crippen molar-refractivity contribution in [3.05, 3.63) is 47.8 Å². The summed E-state index contributed by atoms with van der Waals surface area (Å²) in [4.78, 5) is 6.88. The fraction of sp³-hybridized carbons (Fsp3) is 0.522. The molecule has 0 atom stereocenters. The quantitative estimate of drug-likeness (QED) is 0.671. The number of aliphatic imine (C=N–C) groups is 1. The van der Waals surface area contributed by atoms with Gasteiger partial charge in [0, 0.05) is 38.0 Å². The maximum absolute atomic E-state index is 5.56. The predicted octanol–water partition coefficient (Wildman–Crippen LogP) is 4.51. The Kier molecular flexibility index (Phi) is 6.79. The second-order valence-electron chi connectivity index (χ2n) is 8.32. The van der Waals surface area contributed by atoms with Crippen molar-refractivity contribution in [3.63, 3.8) is 0 Å². The number of likely N-dealkylation sites (tertiary alicyclic amines) is 1. The van der Waals surface area contributed by atoms with E-state index in [-0.39, 0.29) is 0 Å². The van der Waals surface area contributed by atoms with Gasteiger partial charge < -0.3 is 19.7 Å². The van der Waals surface area contributed by atoms with Gasteiger partial charge in [0.25, 0.3) is 0 Å². The number of rotatable bonds is 8. The zero-order chi connectivity index (χ0) is 20.0. The van der Waals surface area contributed by atoms with Crippen molar-refractivity contribution in [3.8, 4) is 11.5 Å². The molecule has 5 heteroatoms. The summed E-state index contributed by atoms with van der Waals surface area (Å²) in [5.41, 5.74) is 2.78. The van der Waals surface area contributed by atoms with Crippen LogP contribution in [0.15, 0.2) is 47.2 Å². The van der Waals surface area contributed by atoms with Crippen molar-refractivity contribution in [2.24, 2.45) is 10.4 Å². The highest BCUT2D eigenvalue weighted by atomic mass is 16.7. The van der Waals surface area contributed by atoms with Crippen molar-refractivity contribution in [2.75, 3.05) is 26.4 Å². The fourth-order valence-corrected chi connectivity index (χ4v) is 3.74.